The van der Waals surface area contributed by atoms with Gasteiger partial charge in [0, 0.05) is 13.2 Å². The van der Waals surface area contributed by atoms with Crippen molar-refractivity contribution in [3.63, 3.8) is 0 Å². The highest BCUT2D eigenvalue weighted by Gasteiger charge is 2.09. The molecule has 0 aliphatic carbocycles. The summed E-state index contributed by atoms with van der Waals surface area (Å²) < 4.78 is 1.60. The number of nitrogens with zero attached hydrogens (tertiary/aromatic N) is 6. The van der Waals surface area contributed by atoms with Crippen LogP contribution in [-0.4, -0.2) is 29.9 Å². The molecule has 3 heterocycles. The van der Waals surface area contributed by atoms with E-state index in [1.165, 1.54) is 6.33 Å². The van der Waals surface area contributed by atoms with Gasteiger partial charge in [0.25, 0.3) is 0 Å². The van der Waals surface area contributed by atoms with Crippen LogP contribution in [0.15, 0.2) is 24.7 Å². The molecule has 0 amide bonds. The molecule has 1 N–H and O–H groups in total. The molecule has 0 atom stereocenters. The Morgan fingerprint density at radius 1 is 1.22 bits per heavy atom. The summed E-state index contributed by atoms with van der Waals surface area (Å²) in [6.45, 7) is 2.00. The first kappa shape index (κ1) is 10.6. The van der Waals surface area contributed by atoms with E-state index in [0.29, 0.717) is 17.0 Å². The fourth-order valence-corrected chi connectivity index (χ4v) is 1.67. The molecule has 3 aromatic heterocycles. The van der Waals surface area contributed by atoms with Crippen molar-refractivity contribution in [2.45, 2.75) is 6.92 Å². The number of fused-ring (bicyclic) bond motifs is 1. The van der Waals surface area contributed by atoms with E-state index in [0.717, 1.165) is 11.4 Å². The number of pyridine rings is 1. The van der Waals surface area contributed by atoms with Gasteiger partial charge in [0.15, 0.2) is 17.0 Å². The van der Waals surface area contributed by atoms with Crippen molar-refractivity contribution in [1.29, 1.82) is 0 Å². The Hall–Kier alpha value is -2.57. The van der Waals surface area contributed by atoms with Crippen molar-refractivity contribution >= 4 is 22.8 Å². The standard InChI is InChI=1S/C11H11N7/c1-7-3-4-12-8(5-7)15-10-9-11(14-6-13-10)18(2)17-16-9/h3-6H,1-2H3,(H,12,13,14,15). The number of aromatic nitrogens is 6. The first-order valence-corrected chi connectivity index (χ1v) is 5.44. The van der Waals surface area contributed by atoms with E-state index in [1.807, 2.05) is 19.1 Å². The average Bonchev–Trinajstić information content (AvgIpc) is 2.73. The highest BCUT2D eigenvalue weighted by atomic mass is 15.4. The summed E-state index contributed by atoms with van der Waals surface area (Å²) in [7, 11) is 1.79. The summed E-state index contributed by atoms with van der Waals surface area (Å²) in [5, 5.41) is 11.1. The zero-order chi connectivity index (χ0) is 12.5. The minimum atomic E-state index is 0.603. The van der Waals surface area contributed by atoms with Crippen LogP contribution >= 0.6 is 0 Å². The van der Waals surface area contributed by atoms with Gasteiger partial charge in [0.05, 0.1) is 0 Å². The lowest BCUT2D eigenvalue weighted by atomic mass is 10.3. The van der Waals surface area contributed by atoms with E-state index in [4.69, 9.17) is 0 Å². The van der Waals surface area contributed by atoms with Gasteiger partial charge in [0.2, 0.25) is 0 Å². The lowest BCUT2D eigenvalue weighted by molar-refractivity contribution is 0.729. The number of rotatable bonds is 2. The van der Waals surface area contributed by atoms with E-state index in [1.54, 1.807) is 17.9 Å². The molecule has 0 aromatic carbocycles. The van der Waals surface area contributed by atoms with Gasteiger partial charge in [-0.3, -0.25) is 0 Å². The Balaban J connectivity index is 2.05. The fraction of sp³-hybridized carbons (Fsp3) is 0.182. The van der Waals surface area contributed by atoms with Crippen LogP contribution in [0.4, 0.5) is 11.6 Å². The molecule has 3 aromatic rings. The molecule has 0 radical (unpaired) electrons. The summed E-state index contributed by atoms with van der Waals surface area (Å²) in [6.07, 6.45) is 3.22. The molecule has 0 aliphatic heterocycles. The molecule has 90 valence electrons. The van der Waals surface area contributed by atoms with Gasteiger partial charge in [-0.25, -0.2) is 19.6 Å². The van der Waals surface area contributed by atoms with Crippen molar-refractivity contribution in [1.82, 2.24) is 29.9 Å². The number of hydrogen-bond acceptors (Lipinski definition) is 6. The number of aryl methyl sites for hydroxylation is 2. The van der Waals surface area contributed by atoms with Gasteiger partial charge in [-0.05, 0) is 24.6 Å². The quantitative estimate of drug-likeness (QED) is 0.726. The summed E-state index contributed by atoms with van der Waals surface area (Å²) in [4.78, 5) is 12.5. The van der Waals surface area contributed by atoms with Crippen LogP contribution in [-0.2, 0) is 7.05 Å². The van der Waals surface area contributed by atoms with Crippen LogP contribution in [0.3, 0.4) is 0 Å². The van der Waals surface area contributed by atoms with Crippen molar-refractivity contribution in [2.75, 3.05) is 5.32 Å². The second-order valence-corrected chi connectivity index (χ2v) is 3.95. The first-order valence-electron chi connectivity index (χ1n) is 5.44. The predicted octanol–water partition coefficient (Wildman–Crippen LogP) is 1.21. The maximum Gasteiger partial charge on any atom is 0.183 e. The fourth-order valence-electron chi connectivity index (χ4n) is 1.67. The first-order chi connectivity index (χ1) is 8.74. The maximum absolute atomic E-state index is 4.22. The van der Waals surface area contributed by atoms with Crippen LogP contribution in [0.5, 0.6) is 0 Å². The van der Waals surface area contributed by atoms with Crippen molar-refractivity contribution in [2.24, 2.45) is 7.05 Å². The normalized spacial score (nSPS) is 10.8. The topological polar surface area (TPSA) is 81.4 Å². The highest BCUT2D eigenvalue weighted by molar-refractivity contribution is 5.83. The molecule has 3 rings (SSSR count). The molecule has 0 unspecified atom stereocenters. The van der Waals surface area contributed by atoms with E-state index in [9.17, 15) is 0 Å². The lowest BCUT2D eigenvalue weighted by Gasteiger charge is -2.04. The number of anilines is 2. The molecule has 0 saturated heterocycles. The molecular formula is C11H11N7. The van der Waals surface area contributed by atoms with Crippen molar-refractivity contribution < 1.29 is 0 Å². The Morgan fingerprint density at radius 3 is 2.94 bits per heavy atom. The molecular weight excluding hydrogens is 230 g/mol. The third kappa shape index (κ3) is 1.75. The van der Waals surface area contributed by atoms with Crippen LogP contribution in [0, 0.1) is 6.92 Å². The average molecular weight is 241 g/mol. The van der Waals surface area contributed by atoms with E-state index < -0.39 is 0 Å². The summed E-state index contributed by atoms with van der Waals surface area (Å²) in [6, 6.07) is 3.87. The minimum absolute atomic E-state index is 0.603. The van der Waals surface area contributed by atoms with Gasteiger partial charge in [0.1, 0.15) is 12.1 Å². The molecule has 0 aliphatic rings. The van der Waals surface area contributed by atoms with Crippen LogP contribution in [0.1, 0.15) is 5.56 Å². The molecule has 0 bridgehead atoms. The monoisotopic (exact) mass is 241 g/mol. The Morgan fingerprint density at radius 2 is 2.11 bits per heavy atom. The second kappa shape index (κ2) is 4.02. The number of hydrogen-bond donors (Lipinski definition) is 1. The lowest BCUT2D eigenvalue weighted by Crippen LogP contribution is -1.98. The number of nitrogens with one attached hydrogen (secondary N) is 1. The zero-order valence-corrected chi connectivity index (χ0v) is 9.99. The molecule has 0 saturated carbocycles. The van der Waals surface area contributed by atoms with Gasteiger partial charge < -0.3 is 5.32 Å². The third-order valence-corrected chi connectivity index (χ3v) is 2.55. The van der Waals surface area contributed by atoms with E-state index in [2.05, 4.69) is 30.6 Å². The predicted molar refractivity (Wildman–Crippen MR) is 66.4 cm³/mol. The van der Waals surface area contributed by atoms with Crippen LogP contribution in [0.25, 0.3) is 11.2 Å². The molecule has 18 heavy (non-hydrogen) atoms. The second-order valence-electron chi connectivity index (χ2n) is 3.95. The minimum Gasteiger partial charge on any atom is -0.323 e. The van der Waals surface area contributed by atoms with E-state index in [-0.39, 0.29) is 0 Å². The largest absolute Gasteiger partial charge is 0.323 e. The third-order valence-electron chi connectivity index (χ3n) is 2.55. The SMILES string of the molecule is Cc1ccnc(Nc2ncnc3c2nnn3C)c1. The Bertz CT molecular complexity index is 703. The van der Waals surface area contributed by atoms with Gasteiger partial charge in [-0.15, -0.1) is 5.10 Å². The van der Waals surface area contributed by atoms with Crippen LogP contribution in [0.2, 0.25) is 0 Å². The van der Waals surface area contributed by atoms with Gasteiger partial charge >= 0.3 is 0 Å². The smallest absolute Gasteiger partial charge is 0.183 e. The zero-order valence-electron chi connectivity index (χ0n) is 9.99. The summed E-state index contributed by atoms with van der Waals surface area (Å²) in [5.74, 6) is 1.33. The van der Waals surface area contributed by atoms with Gasteiger partial charge in [-0.2, -0.15) is 0 Å². The summed E-state index contributed by atoms with van der Waals surface area (Å²) >= 11 is 0. The highest BCUT2D eigenvalue weighted by Crippen LogP contribution is 2.19. The van der Waals surface area contributed by atoms with E-state index >= 15 is 0 Å². The molecule has 7 nitrogen and oxygen atoms in total. The molecule has 0 fully saturated rings. The maximum atomic E-state index is 4.22. The molecule has 7 heteroatoms. The van der Waals surface area contributed by atoms with Crippen LogP contribution < -0.4 is 5.32 Å². The van der Waals surface area contributed by atoms with Crippen molar-refractivity contribution in [3.8, 4) is 0 Å². The van der Waals surface area contributed by atoms with Crippen molar-refractivity contribution in [3.05, 3.63) is 30.2 Å². The Labute approximate surface area is 103 Å². The summed E-state index contributed by atoms with van der Waals surface area (Å²) in [5.41, 5.74) is 2.43. The molecule has 0 spiro atoms. The Kier molecular flexibility index (Phi) is 2.36. The van der Waals surface area contributed by atoms with Gasteiger partial charge in [-0.1, -0.05) is 5.21 Å².